The molecule has 0 radical (unpaired) electrons. The van der Waals surface area contributed by atoms with Crippen LogP contribution in [-0.4, -0.2) is 32.1 Å². The molecule has 1 aromatic carbocycles. The maximum Gasteiger partial charge on any atom is 0.140 e. The zero-order chi connectivity index (χ0) is 13.9. The van der Waals surface area contributed by atoms with Gasteiger partial charge in [0.2, 0.25) is 0 Å². The molecule has 3 atom stereocenters. The molecule has 108 valence electrons. The van der Waals surface area contributed by atoms with Gasteiger partial charge < -0.3 is 10.1 Å². The molecule has 1 heterocycles. The van der Waals surface area contributed by atoms with E-state index in [1.54, 1.807) is 0 Å². The first kappa shape index (κ1) is 13.8. The van der Waals surface area contributed by atoms with Gasteiger partial charge in [-0.1, -0.05) is 24.3 Å². The first-order valence-corrected chi connectivity index (χ1v) is 7.65. The fourth-order valence-electron chi connectivity index (χ4n) is 3.62. The Kier molecular flexibility index (Phi) is 4.18. The summed E-state index contributed by atoms with van der Waals surface area (Å²) >= 11 is 0. The van der Waals surface area contributed by atoms with Crippen molar-refractivity contribution in [1.29, 1.82) is 0 Å². The van der Waals surface area contributed by atoms with Gasteiger partial charge in [0, 0.05) is 12.5 Å². The third-order valence-electron chi connectivity index (χ3n) is 4.81. The van der Waals surface area contributed by atoms with E-state index in [0.29, 0.717) is 31.3 Å². The van der Waals surface area contributed by atoms with E-state index < -0.39 is 0 Å². The summed E-state index contributed by atoms with van der Waals surface area (Å²) in [6.45, 7) is 1.24. The summed E-state index contributed by atoms with van der Waals surface area (Å²) in [7, 11) is 1.91. The lowest BCUT2D eigenvalue weighted by molar-refractivity contribution is -0.123. The number of Topliss-reactive ketones (excluding diaryl/α,β-unsaturated/α-hetero) is 1. The molecule has 20 heavy (non-hydrogen) atoms. The molecule has 0 amide bonds. The van der Waals surface area contributed by atoms with Crippen molar-refractivity contribution in [2.75, 3.05) is 20.3 Å². The number of aryl methyl sites for hydroxylation is 1. The Bertz CT molecular complexity index is 486. The molecule has 0 spiro atoms. The van der Waals surface area contributed by atoms with E-state index in [-0.39, 0.29) is 12.0 Å². The molecule has 3 nitrogen and oxygen atoms in total. The largest absolute Gasteiger partial charge is 0.379 e. The van der Waals surface area contributed by atoms with Crippen LogP contribution in [0, 0.1) is 5.92 Å². The third kappa shape index (κ3) is 2.65. The molecule has 1 aliphatic heterocycles. The molecular formula is C17H23NO2. The molecule has 3 heteroatoms. The fraction of sp³-hybridized carbons (Fsp3) is 0.588. The maximum absolute atomic E-state index is 12.6. The molecule has 1 N–H and O–H groups in total. The first-order valence-electron chi connectivity index (χ1n) is 7.65. The second-order valence-electron chi connectivity index (χ2n) is 6.00. The molecule has 3 rings (SSSR count). The highest BCUT2D eigenvalue weighted by Gasteiger charge is 2.34. The minimum atomic E-state index is 0.0362. The summed E-state index contributed by atoms with van der Waals surface area (Å²) in [5.74, 6) is 0.809. The van der Waals surface area contributed by atoms with Crippen LogP contribution in [0.3, 0.4) is 0 Å². The predicted molar refractivity (Wildman–Crippen MR) is 78.9 cm³/mol. The lowest BCUT2D eigenvalue weighted by atomic mass is 9.78. The molecule has 3 unspecified atom stereocenters. The maximum atomic E-state index is 12.6. The van der Waals surface area contributed by atoms with Gasteiger partial charge >= 0.3 is 0 Å². The number of hydrogen-bond acceptors (Lipinski definition) is 3. The van der Waals surface area contributed by atoms with E-state index in [1.165, 1.54) is 17.5 Å². The van der Waals surface area contributed by atoms with Crippen LogP contribution in [0.15, 0.2) is 24.3 Å². The van der Waals surface area contributed by atoms with Gasteiger partial charge in [0.25, 0.3) is 0 Å². The Morgan fingerprint density at radius 1 is 1.35 bits per heavy atom. The minimum absolute atomic E-state index is 0.0362. The van der Waals surface area contributed by atoms with Crippen LogP contribution in [0.4, 0.5) is 0 Å². The Hall–Kier alpha value is -1.19. The summed E-state index contributed by atoms with van der Waals surface area (Å²) in [5.41, 5.74) is 2.83. The highest BCUT2D eigenvalue weighted by Crippen LogP contribution is 2.35. The SMILES string of the molecule is CNC1COCC1C(=O)CC1CCCc2ccccc21. The number of benzene rings is 1. The van der Waals surface area contributed by atoms with Crippen molar-refractivity contribution in [1.82, 2.24) is 5.32 Å². The lowest BCUT2D eigenvalue weighted by Crippen LogP contribution is -2.37. The molecule has 2 aliphatic rings. The number of ether oxygens (including phenoxy) is 1. The summed E-state index contributed by atoms with van der Waals surface area (Å²) in [4.78, 5) is 12.6. The van der Waals surface area contributed by atoms with Crippen LogP contribution in [0.1, 0.15) is 36.3 Å². The van der Waals surface area contributed by atoms with Gasteiger partial charge in [0.15, 0.2) is 0 Å². The summed E-state index contributed by atoms with van der Waals surface area (Å²) in [6, 6.07) is 8.80. The molecular weight excluding hydrogens is 250 g/mol. The van der Waals surface area contributed by atoms with E-state index >= 15 is 0 Å². The van der Waals surface area contributed by atoms with Gasteiger partial charge in [-0.15, -0.1) is 0 Å². The van der Waals surface area contributed by atoms with Gasteiger partial charge in [-0.3, -0.25) is 4.79 Å². The Balaban J connectivity index is 1.71. The number of carbonyl (C=O) groups excluding carboxylic acids is 1. The summed E-state index contributed by atoms with van der Waals surface area (Å²) in [5, 5.41) is 3.21. The van der Waals surface area contributed by atoms with Gasteiger partial charge in [0.1, 0.15) is 5.78 Å². The second kappa shape index (κ2) is 6.06. The molecule has 1 aliphatic carbocycles. The standard InChI is InChI=1S/C17H23NO2/c1-18-16-11-20-10-15(16)17(19)9-13-7-4-6-12-5-2-3-8-14(12)13/h2-3,5,8,13,15-16,18H,4,6-7,9-11H2,1H3. The predicted octanol–water partition coefficient (Wildman–Crippen LogP) is 2.30. The first-order chi connectivity index (χ1) is 9.79. The number of hydrogen-bond donors (Lipinski definition) is 1. The summed E-state index contributed by atoms with van der Waals surface area (Å²) < 4.78 is 5.46. The number of fused-ring (bicyclic) bond motifs is 1. The van der Waals surface area contributed by atoms with Crippen LogP contribution >= 0.6 is 0 Å². The normalized spacial score (nSPS) is 29.1. The number of nitrogens with one attached hydrogen (secondary N) is 1. The van der Waals surface area contributed by atoms with Crippen molar-refractivity contribution < 1.29 is 9.53 Å². The third-order valence-corrected chi connectivity index (χ3v) is 4.81. The van der Waals surface area contributed by atoms with Crippen molar-refractivity contribution in [2.24, 2.45) is 5.92 Å². The van der Waals surface area contributed by atoms with E-state index in [9.17, 15) is 4.79 Å². The van der Waals surface area contributed by atoms with Gasteiger partial charge in [-0.2, -0.15) is 0 Å². The van der Waals surface area contributed by atoms with Crippen molar-refractivity contribution in [3.63, 3.8) is 0 Å². The molecule has 0 bridgehead atoms. The smallest absolute Gasteiger partial charge is 0.140 e. The van der Waals surface area contributed by atoms with Crippen molar-refractivity contribution in [3.8, 4) is 0 Å². The van der Waals surface area contributed by atoms with E-state index in [0.717, 1.165) is 12.8 Å². The van der Waals surface area contributed by atoms with Gasteiger partial charge in [0.05, 0.1) is 19.1 Å². The lowest BCUT2D eigenvalue weighted by Gasteiger charge is -2.26. The Labute approximate surface area is 120 Å². The number of rotatable bonds is 4. The quantitative estimate of drug-likeness (QED) is 0.915. The van der Waals surface area contributed by atoms with E-state index in [2.05, 4.69) is 29.6 Å². The minimum Gasteiger partial charge on any atom is -0.379 e. The Morgan fingerprint density at radius 2 is 2.20 bits per heavy atom. The monoisotopic (exact) mass is 273 g/mol. The van der Waals surface area contributed by atoms with Crippen molar-refractivity contribution >= 4 is 5.78 Å². The molecule has 1 aromatic rings. The van der Waals surface area contributed by atoms with Crippen LogP contribution < -0.4 is 5.32 Å². The molecule has 1 saturated heterocycles. The highest BCUT2D eigenvalue weighted by molar-refractivity contribution is 5.83. The zero-order valence-electron chi connectivity index (χ0n) is 12.1. The Morgan fingerprint density at radius 3 is 3.05 bits per heavy atom. The average Bonchev–Trinajstić information content (AvgIpc) is 2.96. The van der Waals surface area contributed by atoms with Gasteiger partial charge in [-0.05, 0) is 43.4 Å². The van der Waals surface area contributed by atoms with Crippen LogP contribution in [0.2, 0.25) is 0 Å². The van der Waals surface area contributed by atoms with Crippen LogP contribution in [-0.2, 0) is 16.0 Å². The topological polar surface area (TPSA) is 38.3 Å². The molecule has 0 saturated carbocycles. The van der Waals surface area contributed by atoms with Crippen LogP contribution in [0.5, 0.6) is 0 Å². The van der Waals surface area contributed by atoms with Gasteiger partial charge in [-0.25, -0.2) is 0 Å². The van der Waals surface area contributed by atoms with E-state index in [4.69, 9.17) is 4.74 Å². The van der Waals surface area contributed by atoms with E-state index in [1.807, 2.05) is 7.05 Å². The molecule has 1 fully saturated rings. The highest BCUT2D eigenvalue weighted by atomic mass is 16.5. The fourth-order valence-corrected chi connectivity index (χ4v) is 3.62. The second-order valence-corrected chi connectivity index (χ2v) is 6.00. The van der Waals surface area contributed by atoms with Crippen LogP contribution in [0.25, 0.3) is 0 Å². The average molecular weight is 273 g/mol. The molecule has 0 aromatic heterocycles. The van der Waals surface area contributed by atoms with Crippen molar-refractivity contribution in [3.05, 3.63) is 35.4 Å². The number of ketones is 1. The zero-order valence-corrected chi connectivity index (χ0v) is 12.1. The van der Waals surface area contributed by atoms with Crippen molar-refractivity contribution in [2.45, 2.75) is 37.6 Å². The summed E-state index contributed by atoms with van der Waals surface area (Å²) in [6.07, 6.45) is 4.17. The number of carbonyl (C=O) groups is 1. The number of likely N-dealkylation sites (N-methyl/N-ethyl adjacent to an activating group) is 1.